The van der Waals surface area contributed by atoms with Gasteiger partial charge in [-0.05, 0) is 50.3 Å². The molecule has 2 heterocycles. The highest BCUT2D eigenvalue weighted by molar-refractivity contribution is 5.89. The van der Waals surface area contributed by atoms with Crippen LogP contribution in [0.25, 0.3) is 0 Å². The molecule has 0 radical (unpaired) electrons. The number of benzene rings is 1. The molecule has 7 heteroatoms. The number of carbonyl (C=O) groups is 1. The average molecular weight is 524 g/mol. The van der Waals surface area contributed by atoms with Gasteiger partial charge in [-0.3, -0.25) is 4.90 Å². The van der Waals surface area contributed by atoms with Crippen molar-refractivity contribution in [2.45, 2.75) is 63.3 Å². The smallest absolute Gasteiger partial charge is 0.338 e. The van der Waals surface area contributed by atoms with E-state index in [1.807, 2.05) is 44.6 Å². The van der Waals surface area contributed by atoms with Gasteiger partial charge in [0, 0.05) is 56.5 Å². The lowest BCUT2D eigenvalue weighted by molar-refractivity contribution is -0.246. The first-order valence-corrected chi connectivity index (χ1v) is 14.4. The second kappa shape index (κ2) is 9.13. The van der Waals surface area contributed by atoms with Gasteiger partial charge in [-0.2, -0.15) is 0 Å². The van der Waals surface area contributed by atoms with Crippen LogP contribution in [0.5, 0.6) is 0 Å². The molecule has 7 nitrogen and oxygen atoms in total. The predicted molar refractivity (Wildman–Crippen MR) is 140 cm³/mol. The fourth-order valence-corrected chi connectivity index (χ4v) is 10.3. The Morgan fingerprint density at radius 2 is 1.97 bits per heavy atom. The SMILES string of the molecule is CCN1CC2(COC)CC[C@H](OC)[C@]34[C@@H]5C[C@H]6[C@H](OC(=O)c7ccccc7)[C@@H]5C(=C[C@H](O[C@@H]13)[C@H]24)C[C@@H]6OC. The summed E-state index contributed by atoms with van der Waals surface area (Å²) < 4.78 is 32.0. The van der Waals surface area contributed by atoms with Gasteiger partial charge in [0.1, 0.15) is 12.3 Å². The van der Waals surface area contributed by atoms with Crippen molar-refractivity contribution < 1.29 is 28.5 Å². The first-order chi connectivity index (χ1) is 18.5. The molecule has 0 amide bonds. The van der Waals surface area contributed by atoms with E-state index in [-0.39, 0.29) is 65.2 Å². The van der Waals surface area contributed by atoms with Gasteiger partial charge >= 0.3 is 5.97 Å². The molecule has 7 bridgehead atoms. The first kappa shape index (κ1) is 25.2. The van der Waals surface area contributed by atoms with Gasteiger partial charge in [0.25, 0.3) is 0 Å². The molecule has 2 aliphatic heterocycles. The monoisotopic (exact) mass is 523 g/mol. The quantitative estimate of drug-likeness (QED) is 0.396. The molecule has 206 valence electrons. The molecule has 5 fully saturated rings. The number of hydrogen-bond donors (Lipinski definition) is 0. The fourth-order valence-electron chi connectivity index (χ4n) is 10.3. The maximum absolute atomic E-state index is 13.4. The highest BCUT2D eigenvalue weighted by Crippen LogP contribution is 2.73. The summed E-state index contributed by atoms with van der Waals surface area (Å²) in [4.78, 5) is 16.0. The Morgan fingerprint density at radius 3 is 2.68 bits per heavy atom. The number of hydrogen-bond acceptors (Lipinski definition) is 7. The molecule has 0 spiro atoms. The highest BCUT2D eigenvalue weighted by atomic mass is 16.6. The number of methoxy groups -OCH3 is 3. The van der Waals surface area contributed by atoms with Crippen molar-refractivity contribution in [2.24, 2.45) is 34.5 Å². The first-order valence-electron chi connectivity index (χ1n) is 14.4. The van der Waals surface area contributed by atoms with Crippen molar-refractivity contribution in [2.75, 3.05) is 41.0 Å². The van der Waals surface area contributed by atoms with Gasteiger partial charge in [0.2, 0.25) is 0 Å². The molecule has 2 saturated heterocycles. The molecule has 0 N–H and O–H groups in total. The number of ether oxygens (including phenoxy) is 5. The molecule has 1 unspecified atom stereocenters. The molecule has 38 heavy (non-hydrogen) atoms. The second-order valence-electron chi connectivity index (χ2n) is 12.5. The Kier molecular flexibility index (Phi) is 6.06. The Labute approximate surface area is 225 Å². The van der Waals surface area contributed by atoms with Crippen molar-refractivity contribution in [1.29, 1.82) is 0 Å². The molecule has 11 atom stereocenters. The summed E-state index contributed by atoms with van der Waals surface area (Å²) in [5.41, 5.74) is 1.78. The third-order valence-electron chi connectivity index (χ3n) is 11.3. The lowest BCUT2D eigenvalue weighted by Crippen LogP contribution is -2.71. The van der Waals surface area contributed by atoms with E-state index in [0.29, 0.717) is 11.5 Å². The van der Waals surface area contributed by atoms with E-state index < -0.39 is 0 Å². The third-order valence-corrected chi connectivity index (χ3v) is 11.3. The number of carbonyl (C=O) groups excluding carboxylic acids is 1. The minimum absolute atomic E-state index is 0.00443. The minimum Gasteiger partial charge on any atom is -0.458 e. The zero-order chi connectivity index (χ0) is 26.2. The summed E-state index contributed by atoms with van der Waals surface area (Å²) in [7, 11) is 5.52. The molecule has 1 aromatic rings. The van der Waals surface area contributed by atoms with Crippen LogP contribution < -0.4 is 0 Å². The Hall–Kier alpha value is -1.77. The summed E-state index contributed by atoms with van der Waals surface area (Å²) in [5.74, 6) is 0.668. The normalized spacial score (nSPS) is 46.4. The van der Waals surface area contributed by atoms with Gasteiger partial charge in [-0.15, -0.1) is 0 Å². The van der Waals surface area contributed by atoms with E-state index in [2.05, 4.69) is 17.9 Å². The van der Waals surface area contributed by atoms with Crippen LogP contribution in [0.2, 0.25) is 0 Å². The number of fused-ring (bicyclic) bond motifs is 1. The van der Waals surface area contributed by atoms with Crippen molar-refractivity contribution >= 4 is 5.97 Å². The standard InChI is InChI=1S/C31H41NO6/c1-5-32-16-30(17-34-2)12-11-24(36-4)31-21-15-20-22(35-3)13-19(14-23(27(30)31)37-29(31)32)25(21)26(20)38-28(33)18-9-7-6-8-10-18/h6-10,14,20-27,29H,5,11-13,15-17H2,1-4H3/t20-,21-,22+,23+,24+,25-,26+,27-,29-,30?,31+/m1/s1. The third kappa shape index (κ3) is 3.17. The predicted octanol–water partition coefficient (Wildman–Crippen LogP) is 3.93. The van der Waals surface area contributed by atoms with Crippen LogP contribution >= 0.6 is 0 Å². The molecule has 4 aliphatic carbocycles. The zero-order valence-electron chi connectivity index (χ0n) is 23.0. The number of piperidine rings is 1. The number of rotatable bonds is 7. The van der Waals surface area contributed by atoms with E-state index in [4.69, 9.17) is 23.7 Å². The maximum atomic E-state index is 13.4. The average Bonchev–Trinajstić information content (AvgIpc) is 3.30. The Bertz CT molecular complexity index is 1110. The lowest BCUT2D eigenvalue weighted by Gasteiger charge is -2.64. The van der Waals surface area contributed by atoms with E-state index in [1.165, 1.54) is 5.57 Å². The molecule has 7 rings (SSSR count). The topological polar surface area (TPSA) is 66.5 Å². The summed E-state index contributed by atoms with van der Waals surface area (Å²) >= 11 is 0. The van der Waals surface area contributed by atoms with Crippen LogP contribution in [0.1, 0.15) is 43.0 Å². The molecular weight excluding hydrogens is 482 g/mol. The van der Waals surface area contributed by atoms with Gasteiger partial charge in [0.05, 0.1) is 30.5 Å². The van der Waals surface area contributed by atoms with Crippen LogP contribution in [0.4, 0.5) is 0 Å². The fraction of sp³-hybridized carbons (Fsp3) is 0.710. The van der Waals surface area contributed by atoms with E-state index >= 15 is 0 Å². The van der Waals surface area contributed by atoms with Crippen LogP contribution in [0.3, 0.4) is 0 Å². The number of likely N-dealkylation sites (tertiary alicyclic amines) is 1. The van der Waals surface area contributed by atoms with Gasteiger partial charge in [0.15, 0.2) is 0 Å². The lowest BCUT2D eigenvalue weighted by atomic mass is 9.46. The molecule has 6 aliphatic rings. The molecule has 3 saturated carbocycles. The number of nitrogens with zero attached hydrogens (tertiary/aromatic N) is 1. The van der Waals surface area contributed by atoms with Crippen molar-refractivity contribution in [1.82, 2.24) is 4.90 Å². The Balaban J connectivity index is 1.37. The molecule has 1 aromatic carbocycles. The maximum Gasteiger partial charge on any atom is 0.338 e. The van der Waals surface area contributed by atoms with Crippen LogP contribution in [-0.2, 0) is 23.7 Å². The van der Waals surface area contributed by atoms with Crippen molar-refractivity contribution in [3.8, 4) is 0 Å². The number of esters is 1. The molecular formula is C31H41NO6. The zero-order valence-corrected chi connectivity index (χ0v) is 23.0. The molecule has 0 aromatic heterocycles. The van der Waals surface area contributed by atoms with Crippen molar-refractivity contribution in [3.63, 3.8) is 0 Å². The van der Waals surface area contributed by atoms with Crippen LogP contribution in [0.15, 0.2) is 42.0 Å². The van der Waals surface area contributed by atoms with Crippen molar-refractivity contribution in [3.05, 3.63) is 47.5 Å². The van der Waals surface area contributed by atoms with Gasteiger partial charge < -0.3 is 23.7 Å². The Morgan fingerprint density at radius 1 is 1.16 bits per heavy atom. The summed E-state index contributed by atoms with van der Waals surface area (Å²) in [6.07, 6.45) is 6.24. The second-order valence-corrected chi connectivity index (χ2v) is 12.5. The highest BCUT2D eigenvalue weighted by Gasteiger charge is 2.78. The van der Waals surface area contributed by atoms with E-state index in [9.17, 15) is 4.79 Å². The summed E-state index contributed by atoms with van der Waals surface area (Å²) in [6.45, 7) is 4.90. The van der Waals surface area contributed by atoms with Crippen LogP contribution in [-0.4, -0.2) is 82.5 Å². The van der Waals surface area contributed by atoms with Crippen LogP contribution in [0, 0.1) is 34.5 Å². The van der Waals surface area contributed by atoms with Gasteiger partial charge in [-0.25, -0.2) is 4.79 Å². The minimum atomic E-state index is -0.239. The van der Waals surface area contributed by atoms with Gasteiger partial charge in [-0.1, -0.05) is 36.8 Å². The van der Waals surface area contributed by atoms with E-state index in [0.717, 1.165) is 45.4 Å². The summed E-state index contributed by atoms with van der Waals surface area (Å²) in [5, 5.41) is 0. The van der Waals surface area contributed by atoms with E-state index in [1.54, 1.807) is 7.11 Å². The largest absolute Gasteiger partial charge is 0.458 e. The summed E-state index contributed by atoms with van der Waals surface area (Å²) in [6, 6.07) is 9.39.